The van der Waals surface area contributed by atoms with Gasteiger partial charge < -0.3 is 15.3 Å². The predicted molar refractivity (Wildman–Crippen MR) is 96.3 cm³/mol. The van der Waals surface area contributed by atoms with Gasteiger partial charge in [0.1, 0.15) is 5.84 Å². The molecule has 2 heterocycles. The van der Waals surface area contributed by atoms with Crippen LogP contribution in [0.3, 0.4) is 0 Å². The fourth-order valence-corrected chi connectivity index (χ4v) is 3.80. The van der Waals surface area contributed by atoms with Gasteiger partial charge in [0, 0.05) is 41.5 Å². The first-order valence-electron chi connectivity index (χ1n) is 7.82. The molecule has 2 N–H and O–H groups in total. The molecule has 1 fully saturated rings. The van der Waals surface area contributed by atoms with Gasteiger partial charge in [-0.05, 0) is 18.2 Å². The molecule has 0 bridgehead atoms. The van der Waals surface area contributed by atoms with Crippen molar-refractivity contribution in [3.63, 3.8) is 0 Å². The smallest absolute Gasteiger partial charge is 0.290 e. The van der Waals surface area contributed by atoms with Crippen LogP contribution in [0.1, 0.15) is 5.56 Å². The third kappa shape index (κ3) is 3.60. The van der Waals surface area contributed by atoms with Crippen LogP contribution in [0.5, 0.6) is 0 Å². The molecule has 5 nitrogen and oxygen atoms in total. The molecule has 0 atom stereocenters. The van der Waals surface area contributed by atoms with E-state index in [4.69, 9.17) is 14.9 Å². The fraction of sp³-hybridized carbons (Fsp3) is 0.222. The van der Waals surface area contributed by atoms with Crippen LogP contribution in [0, 0.1) is 0 Å². The first-order valence-corrected chi connectivity index (χ1v) is 8.63. The SMILES string of the molecule is O=CO.c1ccc2c(c1)N=C(N1CCNCC1)c1ccccc1S2. The van der Waals surface area contributed by atoms with Gasteiger partial charge in [-0.1, -0.05) is 42.1 Å². The highest BCUT2D eigenvalue weighted by Crippen LogP contribution is 2.40. The maximum absolute atomic E-state index is 8.36. The molecule has 0 spiro atoms. The van der Waals surface area contributed by atoms with Crippen LogP contribution in [-0.2, 0) is 4.79 Å². The Hall–Kier alpha value is -2.31. The van der Waals surface area contributed by atoms with Gasteiger partial charge in [-0.15, -0.1) is 0 Å². The molecule has 2 aliphatic heterocycles. The molecule has 2 aliphatic rings. The van der Waals surface area contributed by atoms with Crippen molar-refractivity contribution in [1.82, 2.24) is 10.2 Å². The number of para-hydroxylation sites is 1. The van der Waals surface area contributed by atoms with Crippen molar-refractivity contribution in [3.8, 4) is 0 Å². The second-order valence-electron chi connectivity index (χ2n) is 5.34. The third-order valence-electron chi connectivity index (χ3n) is 3.86. The number of hydrogen-bond donors (Lipinski definition) is 2. The van der Waals surface area contributed by atoms with Crippen molar-refractivity contribution in [3.05, 3.63) is 54.1 Å². The fourth-order valence-electron chi connectivity index (χ4n) is 2.79. The van der Waals surface area contributed by atoms with Gasteiger partial charge in [-0.3, -0.25) is 4.79 Å². The monoisotopic (exact) mass is 341 g/mol. The highest BCUT2D eigenvalue weighted by atomic mass is 32.2. The molecule has 6 heteroatoms. The van der Waals surface area contributed by atoms with E-state index >= 15 is 0 Å². The van der Waals surface area contributed by atoms with Crippen LogP contribution in [0.15, 0.2) is 63.3 Å². The van der Waals surface area contributed by atoms with Crippen LogP contribution >= 0.6 is 11.8 Å². The van der Waals surface area contributed by atoms with E-state index in [0.717, 1.165) is 37.7 Å². The van der Waals surface area contributed by atoms with E-state index in [2.05, 4.69) is 58.7 Å². The summed E-state index contributed by atoms with van der Waals surface area (Å²) in [4.78, 5) is 18.3. The maximum Gasteiger partial charge on any atom is 0.290 e. The second-order valence-corrected chi connectivity index (χ2v) is 6.43. The molecule has 2 aromatic rings. The van der Waals surface area contributed by atoms with Crippen LogP contribution in [0.2, 0.25) is 0 Å². The van der Waals surface area contributed by atoms with E-state index in [-0.39, 0.29) is 6.47 Å². The molecule has 0 saturated carbocycles. The van der Waals surface area contributed by atoms with Crippen LogP contribution in [-0.4, -0.2) is 48.5 Å². The summed E-state index contributed by atoms with van der Waals surface area (Å²) in [6.07, 6.45) is 0. The number of carbonyl (C=O) groups is 1. The lowest BCUT2D eigenvalue weighted by molar-refractivity contribution is -0.122. The molecule has 2 aromatic carbocycles. The normalized spacial score (nSPS) is 15.8. The Morgan fingerprint density at radius 2 is 1.67 bits per heavy atom. The van der Waals surface area contributed by atoms with E-state index < -0.39 is 0 Å². The molecular weight excluding hydrogens is 322 g/mol. The number of amidine groups is 1. The minimum Gasteiger partial charge on any atom is -0.483 e. The quantitative estimate of drug-likeness (QED) is 0.722. The number of nitrogens with one attached hydrogen (secondary N) is 1. The Morgan fingerprint density at radius 3 is 2.42 bits per heavy atom. The minimum absolute atomic E-state index is 0.250. The zero-order valence-electron chi connectivity index (χ0n) is 13.2. The highest BCUT2D eigenvalue weighted by molar-refractivity contribution is 7.99. The molecule has 24 heavy (non-hydrogen) atoms. The van der Waals surface area contributed by atoms with Crippen molar-refractivity contribution in [2.24, 2.45) is 4.99 Å². The summed E-state index contributed by atoms with van der Waals surface area (Å²) < 4.78 is 0. The number of piperazine rings is 1. The number of aliphatic imine (C=N–C) groups is 1. The lowest BCUT2D eigenvalue weighted by Gasteiger charge is -2.30. The van der Waals surface area contributed by atoms with E-state index in [9.17, 15) is 0 Å². The average Bonchev–Trinajstić information content (AvgIpc) is 2.80. The largest absolute Gasteiger partial charge is 0.483 e. The van der Waals surface area contributed by atoms with Gasteiger partial charge in [0.25, 0.3) is 6.47 Å². The Bertz CT molecular complexity index is 743. The molecule has 1 saturated heterocycles. The summed E-state index contributed by atoms with van der Waals surface area (Å²) in [7, 11) is 0. The zero-order chi connectivity index (χ0) is 16.8. The zero-order valence-corrected chi connectivity index (χ0v) is 14.0. The third-order valence-corrected chi connectivity index (χ3v) is 5.00. The Morgan fingerprint density at radius 1 is 1.04 bits per heavy atom. The van der Waals surface area contributed by atoms with E-state index in [1.165, 1.54) is 15.4 Å². The Balaban J connectivity index is 0.000000526. The van der Waals surface area contributed by atoms with Crippen LogP contribution < -0.4 is 5.32 Å². The molecular formula is C18H19N3O2S. The number of nitrogens with zero attached hydrogens (tertiary/aromatic N) is 2. The minimum atomic E-state index is -0.250. The van der Waals surface area contributed by atoms with Crippen molar-refractivity contribution in [2.45, 2.75) is 9.79 Å². The molecule has 4 rings (SSSR count). The van der Waals surface area contributed by atoms with Crippen molar-refractivity contribution in [1.29, 1.82) is 0 Å². The van der Waals surface area contributed by atoms with Gasteiger partial charge in [0.05, 0.1) is 5.69 Å². The number of rotatable bonds is 0. The first kappa shape index (κ1) is 16.5. The van der Waals surface area contributed by atoms with Gasteiger partial charge in [-0.25, -0.2) is 4.99 Å². The highest BCUT2D eigenvalue weighted by Gasteiger charge is 2.22. The van der Waals surface area contributed by atoms with E-state index in [0.29, 0.717) is 0 Å². The topological polar surface area (TPSA) is 64.9 Å². The summed E-state index contributed by atoms with van der Waals surface area (Å²) in [5.41, 5.74) is 2.33. The van der Waals surface area contributed by atoms with Crippen molar-refractivity contribution >= 4 is 29.8 Å². The van der Waals surface area contributed by atoms with Gasteiger partial charge in [0.15, 0.2) is 0 Å². The Kier molecular flexibility index (Phi) is 5.51. The summed E-state index contributed by atoms with van der Waals surface area (Å²) in [6.45, 7) is 3.83. The maximum atomic E-state index is 8.36. The van der Waals surface area contributed by atoms with Gasteiger partial charge >= 0.3 is 0 Å². The molecule has 124 valence electrons. The van der Waals surface area contributed by atoms with Gasteiger partial charge in [-0.2, -0.15) is 0 Å². The average molecular weight is 341 g/mol. The second kappa shape index (κ2) is 7.99. The lowest BCUT2D eigenvalue weighted by Crippen LogP contribution is -2.46. The molecule has 0 radical (unpaired) electrons. The van der Waals surface area contributed by atoms with E-state index in [1.807, 2.05) is 11.8 Å². The molecule has 0 unspecified atom stereocenters. The van der Waals surface area contributed by atoms with Crippen molar-refractivity contribution < 1.29 is 9.90 Å². The predicted octanol–water partition coefficient (Wildman–Crippen LogP) is 2.84. The number of fused-ring (bicyclic) bond motifs is 2. The van der Waals surface area contributed by atoms with Gasteiger partial charge in [0.2, 0.25) is 0 Å². The first-order chi connectivity index (χ1) is 11.8. The van der Waals surface area contributed by atoms with Crippen LogP contribution in [0.25, 0.3) is 0 Å². The summed E-state index contributed by atoms with van der Waals surface area (Å²) in [5.74, 6) is 1.12. The standard InChI is InChI=1S/C17H17N3S.CH2O2/c1-3-7-15-13(5-1)17(20-11-9-18-10-12-20)19-14-6-2-4-8-16(14)21-15;2-1-3/h1-8,18H,9-12H2;1H,(H,2,3). The van der Waals surface area contributed by atoms with E-state index in [1.54, 1.807) is 0 Å². The molecule has 0 aromatic heterocycles. The number of benzene rings is 2. The summed E-state index contributed by atoms with van der Waals surface area (Å²) >= 11 is 1.81. The summed E-state index contributed by atoms with van der Waals surface area (Å²) in [5, 5.41) is 10.3. The molecule has 0 aliphatic carbocycles. The summed E-state index contributed by atoms with van der Waals surface area (Å²) in [6, 6.07) is 17.0. The van der Waals surface area contributed by atoms with Crippen LogP contribution in [0.4, 0.5) is 5.69 Å². The molecule has 0 amide bonds. The Labute approximate surface area is 145 Å². The van der Waals surface area contributed by atoms with Crippen molar-refractivity contribution in [2.75, 3.05) is 26.2 Å². The lowest BCUT2D eigenvalue weighted by atomic mass is 10.1. The number of hydrogen-bond acceptors (Lipinski definition) is 5. The number of carboxylic acid groups (broad SMARTS) is 1.